The van der Waals surface area contributed by atoms with Crippen molar-refractivity contribution in [1.82, 2.24) is 4.90 Å². The Balaban J connectivity index is 1.86. The Hall–Kier alpha value is -1.85. The smallest absolute Gasteiger partial charge is 0.129 e. The molecule has 0 radical (unpaired) electrons. The maximum absolute atomic E-state index is 6.55. The minimum Gasteiger partial charge on any atom is -0.497 e. The van der Waals surface area contributed by atoms with Gasteiger partial charge in [0.05, 0.1) is 12.7 Å². The second kappa shape index (κ2) is 9.33. The summed E-state index contributed by atoms with van der Waals surface area (Å²) in [4.78, 5) is 8.32. The maximum Gasteiger partial charge on any atom is 0.129 e. The lowest BCUT2D eigenvalue weighted by atomic mass is 9.64. The molecule has 172 valence electrons. The van der Waals surface area contributed by atoms with Crippen molar-refractivity contribution in [3.8, 4) is 5.75 Å². The zero-order chi connectivity index (χ0) is 22.8. The van der Waals surface area contributed by atoms with Crippen LogP contribution in [0.4, 0.5) is 0 Å². The van der Waals surface area contributed by atoms with Crippen LogP contribution in [0.15, 0.2) is 35.0 Å². The zero-order valence-electron chi connectivity index (χ0n) is 20.6. The fraction of sp³-hybridized carbons (Fsp3) is 0.654. The first-order valence-corrected chi connectivity index (χ1v) is 11.6. The molecule has 1 aromatic carbocycles. The summed E-state index contributed by atoms with van der Waals surface area (Å²) >= 11 is 0. The molecule has 1 aromatic rings. The maximum atomic E-state index is 6.55. The minimum atomic E-state index is -0.424. The predicted molar refractivity (Wildman–Crippen MR) is 128 cm³/mol. The number of oxime groups is 1. The molecule has 31 heavy (non-hydrogen) atoms. The molecule has 2 bridgehead atoms. The Morgan fingerprint density at radius 3 is 2.32 bits per heavy atom. The van der Waals surface area contributed by atoms with Gasteiger partial charge in [0.1, 0.15) is 23.7 Å². The Kier molecular flexibility index (Phi) is 7.17. The van der Waals surface area contributed by atoms with Crippen LogP contribution in [-0.2, 0) is 9.57 Å². The van der Waals surface area contributed by atoms with Gasteiger partial charge in [-0.1, -0.05) is 17.3 Å². The summed E-state index contributed by atoms with van der Waals surface area (Å²) in [6, 6.07) is 9.13. The van der Waals surface area contributed by atoms with Crippen molar-refractivity contribution >= 4 is 11.8 Å². The Morgan fingerprint density at radius 2 is 1.77 bits per heavy atom. The van der Waals surface area contributed by atoms with Crippen LogP contribution in [0.1, 0.15) is 66.9 Å². The van der Waals surface area contributed by atoms with Gasteiger partial charge in [-0.3, -0.25) is 4.90 Å². The molecule has 5 nitrogen and oxygen atoms in total. The monoisotopic (exact) mass is 428 g/mol. The van der Waals surface area contributed by atoms with E-state index in [1.807, 2.05) is 12.1 Å². The number of rotatable bonds is 8. The number of hydrogen-bond donors (Lipinski definition) is 0. The Labute approximate surface area is 188 Å². The molecule has 4 rings (SSSR count). The second-order valence-electron chi connectivity index (χ2n) is 10.1. The van der Waals surface area contributed by atoms with E-state index in [9.17, 15) is 0 Å². The van der Waals surface area contributed by atoms with Gasteiger partial charge < -0.3 is 14.3 Å². The average Bonchev–Trinajstić information content (AvgIpc) is 2.68. The molecule has 5 heteroatoms. The van der Waals surface area contributed by atoms with Gasteiger partial charge in [-0.05, 0) is 90.7 Å². The second-order valence-corrected chi connectivity index (χ2v) is 10.1. The summed E-state index contributed by atoms with van der Waals surface area (Å²) in [5, 5.41) is 4.68. The van der Waals surface area contributed by atoms with Crippen molar-refractivity contribution in [3.05, 3.63) is 35.4 Å². The van der Waals surface area contributed by atoms with Gasteiger partial charge in [0, 0.05) is 24.5 Å². The highest BCUT2D eigenvalue weighted by Gasteiger charge is 2.55. The summed E-state index contributed by atoms with van der Waals surface area (Å²) in [6.07, 6.45) is 4.31. The van der Waals surface area contributed by atoms with Gasteiger partial charge in [-0.25, -0.2) is 0 Å². The quantitative estimate of drug-likeness (QED) is 0.402. The van der Waals surface area contributed by atoms with E-state index >= 15 is 0 Å². The molecule has 0 spiro atoms. The van der Waals surface area contributed by atoms with Crippen molar-refractivity contribution in [2.45, 2.75) is 84.6 Å². The SMILES string of the molecule is COc1ccc(/C=C2\C(=N\OCCN(C(C)C)C(C)C)C3(C)CCC2C(C)(C)O3)cc1. The molecule has 3 fully saturated rings. The minimum absolute atomic E-state index is 0.226. The zero-order valence-corrected chi connectivity index (χ0v) is 20.6. The molecule has 2 heterocycles. The number of ether oxygens (including phenoxy) is 2. The van der Waals surface area contributed by atoms with Gasteiger partial charge >= 0.3 is 0 Å². The van der Waals surface area contributed by atoms with Crippen LogP contribution < -0.4 is 4.74 Å². The first-order valence-electron chi connectivity index (χ1n) is 11.6. The number of methoxy groups -OCH3 is 1. The molecule has 3 aliphatic rings. The average molecular weight is 429 g/mol. The highest BCUT2D eigenvalue weighted by molar-refractivity contribution is 6.10. The van der Waals surface area contributed by atoms with Crippen molar-refractivity contribution < 1.29 is 14.3 Å². The lowest BCUT2D eigenvalue weighted by molar-refractivity contribution is -0.165. The molecular formula is C26H40N2O3. The molecular weight excluding hydrogens is 388 g/mol. The number of benzene rings is 1. The van der Waals surface area contributed by atoms with Gasteiger partial charge in [0.15, 0.2) is 0 Å². The van der Waals surface area contributed by atoms with Gasteiger partial charge in [-0.2, -0.15) is 0 Å². The first-order chi connectivity index (χ1) is 14.6. The summed E-state index contributed by atoms with van der Waals surface area (Å²) < 4.78 is 11.9. The molecule has 1 aliphatic carbocycles. The third kappa shape index (κ3) is 5.15. The van der Waals surface area contributed by atoms with Crippen LogP contribution >= 0.6 is 0 Å². The van der Waals surface area contributed by atoms with Crippen molar-refractivity contribution in [2.75, 3.05) is 20.3 Å². The lowest BCUT2D eigenvalue weighted by Crippen LogP contribution is -2.60. The molecule has 2 unspecified atom stereocenters. The molecule has 1 saturated carbocycles. The highest BCUT2D eigenvalue weighted by atomic mass is 16.6. The van der Waals surface area contributed by atoms with Gasteiger partial charge in [0.25, 0.3) is 0 Å². The molecule has 2 atom stereocenters. The summed E-state index contributed by atoms with van der Waals surface area (Å²) in [5.41, 5.74) is 2.67. The number of nitrogens with zero attached hydrogens (tertiary/aromatic N) is 2. The molecule has 0 N–H and O–H groups in total. The van der Waals surface area contributed by atoms with Crippen molar-refractivity contribution in [3.63, 3.8) is 0 Å². The van der Waals surface area contributed by atoms with E-state index in [0.717, 1.165) is 36.4 Å². The molecule has 0 amide bonds. The van der Waals surface area contributed by atoms with E-state index in [4.69, 9.17) is 14.3 Å². The van der Waals surface area contributed by atoms with Crippen LogP contribution in [0.5, 0.6) is 5.75 Å². The third-order valence-electron chi connectivity index (χ3n) is 6.75. The van der Waals surface area contributed by atoms with Crippen LogP contribution in [0.3, 0.4) is 0 Å². The lowest BCUT2D eigenvalue weighted by Gasteiger charge is -2.55. The van der Waals surface area contributed by atoms with Crippen molar-refractivity contribution in [2.24, 2.45) is 11.1 Å². The van der Waals surface area contributed by atoms with E-state index in [1.165, 1.54) is 5.57 Å². The highest BCUT2D eigenvalue weighted by Crippen LogP contribution is 2.51. The fourth-order valence-corrected chi connectivity index (χ4v) is 5.20. The fourth-order valence-electron chi connectivity index (χ4n) is 5.20. The topological polar surface area (TPSA) is 43.3 Å². The largest absolute Gasteiger partial charge is 0.497 e. The van der Waals surface area contributed by atoms with Crippen LogP contribution in [-0.4, -0.2) is 54.2 Å². The van der Waals surface area contributed by atoms with Crippen LogP contribution in [0, 0.1) is 5.92 Å². The first kappa shape index (κ1) is 23.8. The molecule has 0 aromatic heterocycles. The Morgan fingerprint density at radius 1 is 1.13 bits per heavy atom. The van der Waals surface area contributed by atoms with Crippen LogP contribution in [0.2, 0.25) is 0 Å². The molecule has 2 aliphatic heterocycles. The summed E-state index contributed by atoms with van der Waals surface area (Å²) in [7, 11) is 1.69. The van der Waals surface area contributed by atoms with Gasteiger partial charge in [-0.15, -0.1) is 0 Å². The van der Waals surface area contributed by atoms with E-state index in [2.05, 4.69) is 76.7 Å². The number of hydrogen-bond acceptors (Lipinski definition) is 5. The standard InChI is InChI=1S/C26H40N2O3/c1-18(2)28(19(3)4)15-16-30-27-24-22(17-20-9-11-21(29-8)12-10-20)23-13-14-26(24,7)31-25(23,5)6/h9-12,17-19,23H,13-16H2,1-8H3/b22-17-,27-24-. The predicted octanol–water partition coefficient (Wildman–Crippen LogP) is 5.55. The van der Waals surface area contributed by atoms with E-state index in [-0.39, 0.29) is 5.60 Å². The summed E-state index contributed by atoms with van der Waals surface area (Å²) in [5.74, 6) is 1.15. The Bertz CT molecular complexity index is 802. The van der Waals surface area contributed by atoms with Gasteiger partial charge in [0.2, 0.25) is 0 Å². The number of fused-ring (bicyclic) bond motifs is 3. The third-order valence-corrected chi connectivity index (χ3v) is 6.75. The molecule has 2 saturated heterocycles. The van der Waals surface area contributed by atoms with E-state index < -0.39 is 5.60 Å². The van der Waals surface area contributed by atoms with E-state index in [0.29, 0.717) is 24.6 Å². The normalized spacial score (nSPS) is 27.6. The summed E-state index contributed by atoms with van der Waals surface area (Å²) in [6.45, 7) is 16.8. The van der Waals surface area contributed by atoms with Crippen LogP contribution in [0.25, 0.3) is 6.08 Å². The van der Waals surface area contributed by atoms with E-state index in [1.54, 1.807) is 7.11 Å². The van der Waals surface area contributed by atoms with Crippen molar-refractivity contribution in [1.29, 1.82) is 0 Å².